The highest BCUT2D eigenvalue weighted by molar-refractivity contribution is 5.82. The van der Waals surface area contributed by atoms with Gasteiger partial charge in [0.25, 0.3) is 0 Å². The molecule has 4 fully saturated rings. The van der Waals surface area contributed by atoms with E-state index in [9.17, 15) is 4.79 Å². The van der Waals surface area contributed by atoms with Crippen molar-refractivity contribution in [2.75, 3.05) is 20.3 Å². The number of rotatable bonds is 4. The Kier molecular flexibility index (Phi) is 3.35. The monoisotopic (exact) mass is 251 g/mol. The number of hydrogen-bond donors (Lipinski definition) is 1. The van der Waals surface area contributed by atoms with Crippen LogP contribution < -0.4 is 5.32 Å². The predicted molar refractivity (Wildman–Crippen MR) is 70.1 cm³/mol. The van der Waals surface area contributed by atoms with E-state index in [1.165, 1.54) is 25.7 Å². The molecule has 3 nitrogen and oxygen atoms in total. The Labute approximate surface area is 110 Å². The lowest BCUT2D eigenvalue weighted by Crippen LogP contribution is -2.46. The van der Waals surface area contributed by atoms with Crippen LogP contribution in [0, 0.1) is 23.2 Å². The van der Waals surface area contributed by atoms with Gasteiger partial charge >= 0.3 is 0 Å². The molecule has 4 aliphatic rings. The van der Waals surface area contributed by atoms with Gasteiger partial charge in [-0.1, -0.05) is 0 Å². The summed E-state index contributed by atoms with van der Waals surface area (Å²) in [4.78, 5) is 12.6. The summed E-state index contributed by atoms with van der Waals surface area (Å²) in [6, 6.07) is 0. The van der Waals surface area contributed by atoms with Gasteiger partial charge < -0.3 is 10.1 Å². The SMILES string of the molecule is COCCNC(=O)C12CCC3C[C@H](C[C@H](C3)C1)C2. The van der Waals surface area contributed by atoms with Crippen molar-refractivity contribution < 1.29 is 9.53 Å². The summed E-state index contributed by atoms with van der Waals surface area (Å²) in [7, 11) is 1.68. The molecule has 2 unspecified atom stereocenters. The molecule has 4 rings (SSSR count). The molecule has 1 amide bonds. The Hall–Kier alpha value is -0.570. The summed E-state index contributed by atoms with van der Waals surface area (Å²) < 4.78 is 5.02. The first-order valence-electron chi connectivity index (χ1n) is 7.49. The molecular weight excluding hydrogens is 226 g/mol. The number of hydrogen-bond acceptors (Lipinski definition) is 2. The van der Waals surface area contributed by atoms with E-state index in [-0.39, 0.29) is 5.41 Å². The van der Waals surface area contributed by atoms with Gasteiger partial charge in [-0.3, -0.25) is 4.79 Å². The van der Waals surface area contributed by atoms with Gasteiger partial charge in [0.2, 0.25) is 5.91 Å². The largest absolute Gasteiger partial charge is 0.383 e. The van der Waals surface area contributed by atoms with E-state index >= 15 is 0 Å². The third-order valence-electron chi connectivity index (χ3n) is 5.46. The van der Waals surface area contributed by atoms with Crippen LogP contribution >= 0.6 is 0 Å². The van der Waals surface area contributed by atoms with Crippen LogP contribution in [0.2, 0.25) is 0 Å². The number of carbonyl (C=O) groups is 1. The standard InChI is InChI=1S/C15H25NO2/c1-18-5-4-16-14(17)15-3-2-11-6-12(9-15)8-13(7-11)10-15/h11-13H,2-10H2,1H3,(H,16,17)/t11?,12-,13+,15?. The molecule has 3 heteroatoms. The van der Waals surface area contributed by atoms with Crippen molar-refractivity contribution in [2.24, 2.45) is 23.2 Å². The molecular formula is C15H25NO2. The van der Waals surface area contributed by atoms with Crippen LogP contribution in [0.15, 0.2) is 0 Å². The average molecular weight is 251 g/mol. The summed E-state index contributed by atoms with van der Waals surface area (Å²) in [6.07, 6.45) is 8.89. The van der Waals surface area contributed by atoms with E-state index in [0.29, 0.717) is 19.1 Å². The first kappa shape index (κ1) is 12.5. The third kappa shape index (κ3) is 2.18. The van der Waals surface area contributed by atoms with Gasteiger partial charge in [0.05, 0.1) is 6.61 Å². The number of carbonyl (C=O) groups excluding carboxylic acids is 1. The first-order chi connectivity index (χ1) is 8.72. The summed E-state index contributed by atoms with van der Waals surface area (Å²) >= 11 is 0. The number of fused-ring (bicyclic) bond motifs is 1. The lowest BCUT2D eigenvalue weighted by Gasteiger charge is -2.44. The van der Waals surface area contributed by atoms with E-state index in [0.717, 1.165) is 37.0 Å². The van der Waals surface area contributed by atoms with Gasteiger partial charge in [-0.2, -0.15) is 0 Å². The van der Waals surface area contributed by atoms with Gasteiger partial charge in [0.1, 0.15) is 0 Å². The van der Waals surface area contributed by atoms with E-state index in [1.807, 2.05) is 0 Å². The van der Waals surface area contributed by atoms with Crippen LogP contribution in [0.4, 0.5) is 0 Å². The molecule has 4 atom stereocenters. The Bertz CT molecular complexity index is 314. The molecule has 4 aliphatic carbocycles. The first-order valence-corrected chi connectivity index (χ1v) is 7.49. The second kappa shape index (κ2) is 4.84. The molecule has 0 spiro atoms. The van der Waals surface area contributed by atoms with E-state index in [1.54, 1.807) is 7.11 Å². The van der Waals surface area contributed by atoms with Crippen LogP contribution in [0.1, 0.15) is 44.9 Å². The number of ether oxygens (including phenoxy) is 1. The van der Waals surface area contributed by atoms with Gasteiger partial charge in [-0.05, 0) is 62.7 Å². The van der Waals surface area contributed by atoms with Crippen molar-refractivity contribution in [3.05, 3.63) is 0 Å². The zero-order valence-electron chi connectivity index (χ0n) is 11.4. The maximum Gasteiger partial charge on any atom is 0.226 e. The van der Waals surface area contributed by atoms with E-state index < -0.39 is 0 Å². The lowest BCUT2D eigenvalue weighted by molar-refractivity contribution is -0.135. The predicted octanol–water partition coefficient (Wildman–Crippen LogP) is 2.36. The summed E-state index contributed by atoms with van der Waals surface area (Å²) in [6.45, 7) is 1.28. The van der Waals surface area contributed by atoms with Crippen molar-refractivity contribution >= 4 is 5.91 Å². The molecule has 0 radical (unpaired) electrons. The average Bonchev–Trinajstić information content (AvgIpc) is 2.55. The van der Waals surface area contributed by atoms with E-state index in [2.05, 4.69) is 5.32 Å². The zero-order valence-corrected chi connectivity index (χ0v) is 11.4. The van der Waals surface area contributed by atoms with Crippen molar-refractivity contribution in [3.63, 3.8) is 0 Å². The van der Waals surface area contributed by atoms with Gasteiger partial charge in [0, 0.05) is 19.1 Å². The van der Waals surface area contributed by atoms with Crippen LogP contribution in [-0.4, -0.2) is 26.2 Å². The summed E-state index contributed by atoms with van der Waals surface area (Å²) in [5, 5.41) is 3.10. The number of amides is 1. The molecule has 18 heavy (non-hydrogen) atoms. The quantitative estimate of drug-likeness (QED) is 0.779. The molecule has 4 bridgehead atoms. The second-order valence-electron chi connectivity index (χ2n) is 6.78. The zero-order chi connectivity index (χ0) is 12.6. The topological polar surface area (TPSA) is 38.3 Å². The summed E-state index contributed by atoms with van der Waals surface area (Å²) in [5.74, 6) is 2.90. The van der Waals surface area contributed by atoms with Gasteiger partial charge in [-0.15, -0.1) is 0 Å². The van der Waals surface area contributed by atoms with Gasteiger partial charge in [-0.25, -0.2) is 0 Å². The maximum absolute atomic E-state index is 12.6. The Balaban J connectivity index is 1.71. The highest BCUT2D eigenvalue weighted by atomic mass is 16.5. The normalized spacial score (nSPS) is 41.7. The molecule has 0 aliphatic heterocycles. The molecule has 0 saturated heterocycles. The molecule has 0 heterocycles. The Morgan fingerprint density at radius 1 is 1.22 bits per heavy atom. The second-order valence-corrected chi connectivity index (χ2v) is 6.78. The molecule has 0 aromatic carbocycles. The molecule has 102 valence electrons. The van der Waals surface area contributed by atoms with Crippen molar-refractivity contribution in [3.8, 4) is 0 Å². The molecule has 1 N–H and O–H groups in total. The van der Waals surface area contributed by atoms with Crippen LogP contribution in [-0.2, 0) is 9.53 Å². The highest BCUT2D eigenvalue weighted by Gasteiger charge is 2.51. The van der Waals surface area contributed by atoms with Crippen molar-refractivity contribution in [2.45, 2.75) is 44.9 Å². The minimum atomic E-state index is -0.0213. The van der Waals surface area contributed by atoms with Crippen LogP contribution in [0.5, 0.6) is 0 Å². The molecule has 4 saturated carbocycles. The van der Waals surface area contributed by atoms with Crippen molar-refractivity contribution in [1.29, 1.82) is 0 Å². The smallest absolute Gasteiger partial charge is 0.226 e. The Morgan fingerprint density at radius 3 is 2.56 bits per heavy atom. The van der Waals surface area contributed by atoms with Crippen LogP contribution in [0.25, 0.3) is 0 Å². The van der Waals surface area contributed by atoms with E-state index in [4.69, 9.17) is 4.74 Å². The van der Waals surface area contributed by atoms with Gasteiger partial charge in [0.15, 0.2) is 0 Å². The lowest BCUT2D eigenvalue weighted by atomic mass is 9.61. The third-order valence-corrected chi connectivity index (χ3v) is 5.46. The molecule has 0 aromatic rings. The van der Waals surface area contributed by atoms with Crippen LogP contribution in [0.3, 0.4) is 0 Å². The Morgan fingerprint density at radius 2 is 1.89 bits per heavy atom. The number of nitrogens with one attached hydrogen (secondary N) is 1. The fourth-order valence-corrected chi connectivity index (χ4v) is 4.90. The fraction of sp³-hybridized carbons (Fsp3) is 0.933. The number of methoxy groups -OCH3 is 1. The fourth-order valence-electron chi connectivity index (χ4n) is 4.90. The minimum Gasteiger partial charge on any atom is -0.383 e. The van der Waals surface area contributed by atoms with Crippen molar-refractivity contribution in [1.82, 2.24) is 5.32 Å². The maximum atomic E-state index is 12.6. The molecule has 0 aromatic heterocycles. The highest BCUT2D eigenvalue weighted by Crippen LogP contribution is 2.57. The summed E-state index contributed by atoms with van der Waals surface area (Å²) in [5.41, 5.74) is -0.0213. The minimum absolute atomic E-state index is 0.0213.